The van der Waals surface area contributed by atoms with Crippen LogP contribution in [0.2, 0.25) is 0 Å². The fraction of sp³-hybridized carbons (Fsp3) is 0.444. The molecule has 2 aromatic heterocycles. The molecule has 1 aliphatic rings. The third-order valence-corrected chi connectivity index (χ3v) is 6.39. The van der Waals surface area contributed by atoms with Crippen LogP contribution in [0.25, 0.3) is 11.5 Å². The second-order valence-corrected chi connectivity index (χ2v) is 10.9. The number of pyridine rings is 1. The number of rotatable bonds is 7. The lowest BCUT2D eigenvalue weighted by molar-refractivity contribution is -0.107. The number of benzene rings is 1. The van der Waals surface area contributed by atoms with E-state index < -0.39 is 18.1 Å². The summed E-state index contributed by atoms with van der Waals surface area (Å²) in [7, 11) is 1.65. The molecule has 0 unspecified atom stereocenters. The molecular formula is C27H32BrF3N6O4. The summed E-state index contributed by atoms with van der Waals surface area (Å²) in [5.74, 6) is -1.38. The average Bonchev–Trinajstić information content (AvgIpc) is 3.44. The largest absolute Gasteiger partial charge is 0.444 e. The zero-order valence-corrected chi connectivity index (χ0v) is 24.8. The molecule has 41 heavy (non-hydrogen) atoms. The van der Waals surface area contributed by atoms with E-state index in [0.29, 0.717) is 29.0 Å². The summed E-state index contributed by atoms with van der Waals surface area (Å²) in [6.07, 6.45) is 2.36. The Morgan fingerprint density at radius 3 is 2.46 bits per heavy atom. The van der Waals surface area contributed by atoms with Crippen LogP contribution in [0.3, 0.4) is 0 Å². The van der Waals surface area contributed by atoms with Crippen LogP contribution >= 0.6 is 15.9 Å². The van der Waals surface area contributed by atoms with E-state index in [0.717, 1.165) is 25.9 Å². The molecule has 0 bridgehead atoms. The number of halogens is 4. The number of alkyl halides is 2. The van der Waals surface area contributed by atoms with Crippen LogP contribution in [-0.2, 0) is 16.1 Å². The van der Waals surface area contributed by atoms with Crippen molar-refractivity contribution in [2.75, 3.05) is 30.4 Å². The van der Waals surface area contributed by atoms with Crippen molar-refractivity contribution >= 4 is 39.8 Å². The zero-order chi connectivity index (χ0) is 30.2. The van der Waals surface area contributed by atoms with Gasteiger partial charge in [0.15, 0.2) is 0 Å². The minimum absolute atomic E-state index is 0.0612. The van der Waals surface area contributed by atoms with E-state index in [4.69, 9.17) is 9.15 Å². The Hall–Kier alpha value is -3.68. The lowest BCUT2D eigenvalue weighted by Gasteiger charge is -2.29. The molecule has 10 nitrogen and oxygen atoms in total. The minimum atomic E-state index is -2.86. The Labute approximate surface area is 244 Å². The van der Waals surface area contributed by atoms with Gasteiger partial charge in [-0.25, -0.2) is 9.18 Å². The maximum Gasteiger partial charge on any atom is 0.410 e. The molecule has 1 fully saturated rings. The first kappa shape index (κ1) is 31.8. The van der Waals surface area contributed by atoms with Gasteiger partial charge in [0.2, 0.25) is 12.3 Å². The Kier molecular flexibility index (Phi) is 11.1. The average molecular weight is 641 g/mol. The summed E-state index contributed by atoms with van der Waals surface area (Å²) in [6.45, 7) is 7.47. The van der Waals surface area contributed by atoms with Crippen LogP contribution in [0.15, 0.2) is 39.4 Å². The third-order valence-electron chi connectivity index (χ3n) is 5.78. The fourth-order valence-electron chi connectivity index (χ4n) is 3.81. The number of ether oxygens (including phenoxy) is 1. The number of aromatic nitrogens is 3. The maximum atomic E-state index is 13.9. The molecule has 1 aliphatic heterocycles. The highest BCUT2D eigenvalue weighted by Crippen LogP contribution is 2.32. The third kappa shape index (κ3) is 9.17. The highest BCUT2D eigenvalue weighted by Gasteiger charge is 2.23. The number of carbonyl (C=O) groups excluding carboxylic acids is 2. The Balaban J connectivity index is 0.000000298. The number of hydrogen-bond donors (Lipinski definition) is 1. The molecule has 0 atom stereocenters. The molecule has 0 radical (unpaired) electrons. The molecular weight excluding hydrogens is 609 g/mol. The summed E-state index contributed by atoms with van der Waals surface area (Å²) >= 11 is 3.10. The Morgan fingerprint density at radius 1 is 1.22 bits per heavy atom. The van der Waals surface area contributed by atoms with Crippen LogP contribution in [0.1, 0.15) is 58.0 Å². The molecule has 1 saturated heterocycles. The number of amides is 2. The van der Waals surface area contributed by atoms with Crippen molar-refractivity contribution in [1.29, 1.82) is 0 Å². The van der Waals surface area contributed by atoms with E-state index in [1.54, 1.807) is 24.1 Å². The second-order valence-electron chi connectivity index (χ2n) is 10.1. The van der Waals surface area contributed by atoms with Gasteiger partial charge in [-0.05, 0) is 74.2 Å². The van der Waals surface area contributed by atoms with Crippen molar-refractivity contribution in [3.05, 3.63) is 52.3 Å². The smallest absolute Gasteiger partial charge is 0.410 e. The highest BCUT2D eigenvalue weighted by molar-refractivity contribution is 9.10. The van der Waals surface area contributed by atoms with E-state index in [-0.39, 0.29) is 28.6 Å². The predicted molar refractivity (Wildman–Crippen MR) is 150 cm³/mol. The number of anilines is 2. The molecule has 4 rings (SSSR count). The van der Waals surface area contributed by atoms with Crippen molar-refractivity contribution in [3.63, 3.8) is 0 Å². The zero-order valence-electron chi connectivity index (χ0n) is 23.2. The van der Waals surface area contributed by atoms with Crippen LogP contribution in [0.5, 0.6) is 0 Å². The quantitative estimate of drug-likeness (QED) is 0.288. The molecule has 1 N–H and O–H groups in total. The molecule has 1 aromatic carbocycles. The number of piperidine rings is 1. The lowest BCUT2D eigenvalue weighted by Crippen LogP contribution is -2.39. The first-order valence-corrected chi connectivity index (χ1v) is 13.6. The molecule has 222 valence electrons. The van der Waals surface area contributed by atoms with Crippen molar-refractivity contribution in [1.82, 2.24) is 20.1 Å². The van der Waals surface area contributed by atoms with Gasteiger partial charge in [0.05, 0.1) is 33.6 Å². The van der Waals surface area contributed by atoms with E-state index in [1.165, 1.54) is 29.7 Å². The number of likely N-dealkylation sites (tertiary alicyclic amines) is 1. The molecule has 3 heterocycles. The van der Waals surface area contributed by atoms with Gasteiger partial charge < -0.3 is 24.3 Å². The number of nitrogens with one attached hydrogen (secondary N) is 1. The van der Waals surface area contributed by atoms with Gasteiger partial charge >= 0.3 is 12.5 Å². The summed E-state index contributed by atoms with van der Waals surface area (Å²) in [6, 6.07) is 5.87. The van der Waals surface area contributed by atoms with Gasteiger partial charge in [0.25, 0.3) is 5.89 Å². The van der Waals surface area contributed by atoms with Gasteiger partial charge in [-0.1, -0.05) is 0 Å². The summed E-state index contributed by atoms with van der Waals surface area (Å²) in [4.78, 5) is 30.3. The van der Waals surface area contributed by atoms with Crippen LogP contribution in [-0.4, -0.2) is 58.3 Å². The first-order chi connectivity index (χ1) is 19.4. The number of hydrogen-bond acceptors (Lipinski definition) is 8. The monoisotopic (exact) mass is 640 g/mol. The number of nitrogens with zero attached hydrogens (tertiary/aromatic N) is 5. The van der Waals surface area contributed by atoms with Crippen molar-refractivity contribution in [2.45, 2.75) is 58.6 Å². The van der Waals surface area contributed by atoms with E-state index in [2.05, 4.69) is 36.4 Å². The summed E-state index contributed by atoms with van der Waals surface area (Å²) in [5, 5.41) is 9.70. The van der Waals surface area contributed by atoms with Gasteiger partial charge in [-0.15, -0.1) is 10.2 Å². The Morgan fingerprint density at radius 2 is 1.93 bits per heavy atom. The number of carbonyl (C=O) groups is 2. The summed E-state index contributed by atoms with van der Waals surface area (Å²) in [5.41, 5.74) is 1.35. The second kappa shape index (κ2) is 14.3. The minimum Gasteiger partial charge on any atom is -0.444 e. The van der Waals surface area contributed by atoms with Crippen molar-refractivity contribution in [3.8, 4) is 11.5 Å². The van der Waals surface area contributed by atoms with E-state index in [9.17, 15) is 22.8 Å². The van der Waals surface area contributed by atoms with Gasteiger partial charge in [0.1, 0.15) is 11.4 Å². The molecule has 2 amide bonds. The SMILES string of the molecule is CC(C)(C)OC(=O)N1CCCCC1.CNc1cc(Br)c(F)cc1N(C=O)Cc1ccc(-c2nnc(C(F)F)o2)cn1. The normalized spacial score (nSPS) is 13.3. The first-order valence-electron chi connectivity index (χ1n) is 12.9. The van der Waals surface area contributed by atoms with Crippen molar-refractivity contribution < 1.29 is 31.9 Å². The lowest BCUT2D eigenvalue weighted by atomic mass is 10.1. The fourth-order valence-corrected chi connectivity index (χ4v) is 4.16. The molecule has 3 aromatic rings. The van der Waals surface area contributed by atoms with E-state index >= 15 is 0 Å². The van der Waals surface area contributed by atoms with Crippen LogP contribution < -0.4 is 10.2 Å². The van der Waals surface area contributed by atoms with Gasteiger partial charge in [-0.2, -0.15) is 8.78 Å². The molecule has 14 heteroatoms. The van der Waals surface area contributed by atoms with Crippen LogP contribution in [0, 0.1) is 5.82 Å². The highest BCUT2D eigenvalue weighted by atomic mass is 79.9. The standard InChI is InChI=1S/C17H13BrF3N5O2.C10H19NO2/c1-22-13-4-11(18)12(19)5-14(13)26(8-27)7-10-3-2-9(6-23-10)16-24-25-17(28-16)15(20)21;1-10(2,3)13-9(12)11-7-5-4-6-8-11/h2-6,8,15,22H,7H2,1H3;4-8H2,1-3H3. The summed E-state index contributed by atoms with van der Waals surface area (Å²) < 4.78 is 49.4. The van der Waals surface area contributed by atoms with Crippen molar-refractivity contribution in [2.24, 2.45) is 0 Å². The molecule has 0 saturated carbocycles. The van der Waals surface area contributed by atoms with Gasteiger partial charge in [-0.3, -0.25) is 9.78 Å². The topological polar surface area (TPSA) is 114 Å². The van der Waals surface area contributed by atoms with E-state index in [1.807, 2.05) is 20.8 Å². The Bertz CT molecular complexity index is 1310. The molecule has 0 aliphatic carbocycles. The van der Waals surface area contributed by atoms with Gasteiger partial charge in [0, 0.05) is 32.4 Å². The molecule has 0 spiro atoms. The van der Waals surface area contributed by atoms with Crippen LogP contribution in [0.4, 0.5) is 29.3 Å². The maximum absolute atomic E-state index is 13.9. The predicted octanol–water partition coefficient (Wildman–Crippen LogP) is 6.58.